The number of nitrogens with zero attached hydrogens (tertiary/aromatic N) is 4. The summed E-state index contributed by atoms with van der Waals surface area (Å²) in [6.45, 7) is 1.34. The predicted octanol–water partition coefficient (Wildman–Crippen LogP) is 2.03. The van der Waals surface area contributed by atoms with Gasteiger partial charge in [0.1, 0.15) is 0 Å². The highest BCUT2D eigenvalue weighted by Gasteiger charge is 2.26. The molecule has 1 fully saturated rings. The maximum absolute atomic E-state index is 12.5. The quantitative estimate of drug-likeness (QED) is 0.858. The van der Waals surface area contributed by atoms with E-state index in [0.717, 1.165) is 32.2 Å². The highest BCUT2D eigenvalue weighted by atomic mass is 16.4. The lowest BCUT2D eigenvalue weighted by Crippen LogP contribution is -2.41. The molecule has 0 saturated carbocycles. The van der Waals surface area contributed by atoms with E-state index < -0.39 is 5.97 Å². The largest absolute Gasteiger partial charge is 0.476 e. The maximum atomic E-state index is 12.5. The summed E-state index contributed by atoms with van der Waals surface area (Å²) >= 11 is 0. The van der Waals surface area contributed by atoms with Crippen LogP contribution in [-0.2, 0) is 4.79 Å². The Bertz CT molecular complexity index is 623. The van der Waals surface area contributed by atoms with Gasteiger partial charge in [-0.05, 0) is 38.5 Å². The summed E-state index contributed by atoms with van der Waals surface area (Å²) in [6.07, 6.45) is 10.5. The van der Waals surface area contributed by atoms with Crippen LogP contribution in [0.3, 0.4) is 0 Å². The van der Waals surface area contributed by atoms with E-state index in [-0.39, 0.29) is 17.6 Å². The molecular weight excluding hydrogens is 296 g/mol. The van der Waals surface area contributed by atoms with Gasteiger partial charge in [-0.3, -0.25) is 4.79 Å². The molecule has 2 heterocycles. The minimum atomic E-state index is -1.08. The zero-order valence-corrected chi connectivity index (χ0v) is 13.1. The highest BCUT2D eigenvalue weighted by molar-refractivity contribution is 5.84. The van der Waals surface area contributed by atoms with Crippen LogP contribution in [0.25, 0.3) is 0 Å². The summed E-state index contributed by atoms with van der Waals surface area (Å²) in [7, 11) is 0. The molecule has 124 valence electrons. The number of piperidine rings is 1. The Morgan fingerprint density at radius 1 is 1.30 bits per heavy atom. The van der Waals surface area contributed by atoms with Crippen LogP contribution >= 0.6 is 0 Å². The third kappa shape index (κ3) is 3.78. The minimum absolute atomic E-state index is 0.00800. The highest BCUT2D eigenvalue weighted by Crippen LogP contribution is 2.24. The first kappa shape index (κ1) is 15.7. The number of likely N-dealkylation sites (tertiary alicyclic amines) is 1. The van der Waals surface area contributed by atoms with Crippen LogP contribution in [0, 0.1) is 0 Å². The van der Waals surface area contributed by atoms with Gasteiger partial charge in [0.05, 0.1) is 12.2 Å². The normalized spacial score (nSPS) is 21.8. The molecule has 0 spiro atoms. The van der Waals surface area contributed by atoms with E-state index in [4.69, 9.17) is 5.11 Å². The van der Waals surface area contributed by atoms with Crippen molar-refractivity contribution in [2.24, 2.45) is 0 Å². The van der Waals surface area contributed by atoms with E-state index >= 15 is 0 Å². The summed E-state index contributed by atoms with van der Waals surface area (Å²) in [6, 6.07) is 0.00800. The minimum Gasteiger partial charge on any atom is -0.476 e. The molecule has 0 radical (unpaired) electrons. The second-order valence-corrected chi connectivity index (χ2v) is 6.31. The van der Waals surface area contributed by atoms with E-state index in [1.165, 1.54) is 24.6 Å². The van der Waals surface area contributed by atoms with E-state index in [9.17, 15) is 9.59 Å². The molecule has 7 nitrogen and oxygen atoms in total. The van der Waals surface area contributed by atoms with Gasteiger partial charge in [0.25, 0.3) is 0 Å². The average molecular weight is 318 g/mol. The van der Waals surface area contributed by atoms with Crippen LogP contribution < -0.4 is 0 Å². The molecular formula is C16H22N4O3. The van der Waals surface area contributed by atoms with Crippen LogP contribution in [0.5, 0.6) is 0 Å². The smallest absolute Gasteiger partial charge is 0.358 e. The van der Waals surface area contributed by atoms with Crippen molar-refractivity contribution in [1.82, 2.24) is 19.9 Å². The standard InChI is InChI=1S/C16H22N4O3/c21-15(9-12-5-2-1-3-6-12)19-8-4-7-13(10-19)20-11-14(16(22)23)17-18-20/h5,11,13H,1-4,6-10H2,(H,22,23). The number of carboxylic acid groups (broad SMARTS) is 1. The molecule has 1 N–H and O–H groups in total. The number of carbonyl (C=O) groups excluding carboxylic acids is 1. The third-order valence-corrected chi connectivity index (χ3v) is 4.62. The van der Waals surface area contributed by atoms with Crippen molar-refractivity contribution in [3.63, 3.8) is 0 Å². The van der Waals surface area contributed by atoms with Gasteiger partial charge in [0, 0.05) is 19.5 Å². The average Bonchev–Trinajstić information content (AvgIpc) is 3.06. The Morgan fingerprint density at radius 3 is 2.87 bits per heavy atom. The fourth-order valence-electron chi connectivity index (χ4n) is 3.32. The Labute approximate surface area is 135 Å². The molecule has 0 bridgehead atoms. The lowest BCUT2D eigenvalue weighted by atomic mass is 9.96. The number of carboxylic acids is 1. The zero-order chi connectivity index (χ0) is 16.2. The summed E-state index contributed by atoms with van der Waals surface area (Å²) in [5.41, 5.74) is 1.21. The Hall–Kier alpha value is -2.18. The molecule has 23 heavy (non-hydrogen) atoms. The molecule has 1 aliphatic heterocycles. The second-order valence-electron chi connectivity index (χ2n) is 6.31. The molecule has 1 unspecified atom stereocenters. The van der Waals surface area contributed by atoms with E-state index in [0.29, 0.717) is 13.0 Å². The number of amides is 1. The van der Waals surface area contributed by atoms with Gasteiger partial charge in [0.2, 0.25) is 5.91 Å². The van der Waals surface area contributed by atoms with Crippen LogP contribution in [-0.4, -0.2) is 50.0 Å². The van der Waals surface area contributed by atoms with E-state index in [1.807, 2.05) is 4.90 Å². The van der Waals surface area contributed by atoms with Gasteiger partial charge in [-0.2, -0.15) is 0 Å². The molecule has 1 atom stereocenters. The molecule has 1 aromatic rings. The van der Waals surface area contributed by atoms with Crippen molar-refractivity contribution in [3.8, 4) is 0 Å². The van der Waals surface area contributed by atoms with Gasteiger partial charge in [-0.1, -0.05) is 16.9 Å². The molecule has 1 aliphatic carbocycles. The fourth-order valence-corrected chi connectivity index (χ4v) is 3.32. The van der Waals surface area contributed by atoms with Crippen molar-refractivity contribution < 1.29 is 14.7 Å². The lowest BCUT2D eigenvalue weighted by Gasteiger charge is -2.33. The SMILES string of the molecule is O=C(O)c1cn(C2CCCN(C(=O)CC3=CCCCC3)C2)nn1. The summed E-state index contributed by atoms with van der Waals surface area (Å²) in [4.78, 5) is 25.3. The number of rotatable bonds is 4. The van der Waals surface area contributed by atoms with Crippen molar-refractivity contribution in [1.29, 1.82) is 0 Å². The number of hydrogen-bond donors (Lipinski definition) is 1. The van der Waals surface area contributed by atoms with Crippen molar-refractivity contribution in [2.45, 2.75) is 51.0 Å². The Kier molecular flexibility index (Phi) is 4.73. The molecule has 1 aromatic heterocycles. The topological polar surface area (TPSA) is 88.3 Å². The van der Waals surface area contributed by atoms with Gasteiger partial charge in [-0.25, -0.2) is 9.48 Å². The van der Waals surface area contributed by atoms with Gasteiger partial charge < -0.3 is 10.0 Å². The number of aromatic nitrogens is 3. The summed E-state index contributed by atoms with van der Waals surface area (Å²) in [5, 5.41) is 16.5. The summed E-state index contributed by atoms with van der Waals surface area (Å²) in [5.74, 6) is -0.911. The Morgan fingerprint density at radius 2 is 2.17 bits per heavy atom. The second kappa shape index (κ2) is 6.93. The predicted molar refractivity (Wildman–Crippen MR) is 83.0 cm³/mol. The molecule has 7 heteroatoms. The maximum Gasteiger partial charge on any atom is 0.358 e. The lowest BCUT2D eigenvalue weighted by molar-refractivity contribution is -0.132. The van der Waals surface area contributed by atoms with Gasteiger partial charge >= 0.3 is 5.97 Å². The molecule has 1 amide bonds. The van der Waals surface area contributed by atoms with Crippen molar-refractivity contribution >= 4 is 11.9 Å². The molecule has 3 rings (SSSR count). The van der Waals surface area contributed by atoms with E-state index in [2.05, 4.69) is 16.4 Å². The molecule has 2 aliphatic rings. The molecule has 0 aromatic carbocycles. The van der Waals surface area contributed by atoms with E-state index in [1.54, 1.807) is 4.68 Å². The van der Waals surface area contributed by atoms with Gasteiger partial charge in [0.15, 0.2) is 5.69 Å². The number of aromatic carboxylic acids is 1. The Balaban J connectivity index is 1.61. The van der Waals surface area contributed by atoms with Crippen molar-refractivity contribution in [2.75, 3.05) is 13.1 Å². The van der Waals surface area contributed by atoms with Crippen LogP contribution in [0.15, 0.2) is 17.8 Å². The monoisotopic (exact) mass is 318 g/mol. The molecule has 1 saturated heterocycles. The summed E-state index contributed by atoms with van der Waals surface area (Å²) < 4.78 is 1.59. The van der Waals surface area contributed by atoms with Crippen molar-refractivity contribution in [3.05, 3.63) is 23.5 Å². The van der Waals surface area contributed by atoms with Crippen LogP contribution in [0.4, 0.5) is 0 Å². The number of hydrogen-bond acceptors (Lipinski definition) is 4. The zero-order valence-electron chi connectivity index (χ0n) is 13.1. The first-order chi connectivity index (χ1) is 11.1. The van der Waals surface area contributed by atoms with Crippen LogP contribution in [0.2, 0.25) is 0 Å². The van der Waals surface area contributed by atoms with Gasteiger partial charge in [-0.15, -0.1) is 5.10 Å². The van der Waals surface area contributed by atoms with Crippen LogP contribution in [0.1, 0.15) is 61.5 Å². The number of carbonyl (C=O) groups is 2. The fraction of sp³-hybridized carbons (Fsp3) is 0.625. The number of allylic oxidation sites excluding steroid dienone is 1. The third-order valence-electron chi connectivity index (χ3n) is 4.62. The first-order valence-corrected chi connectivity index (χ1v) is 8.24. The first-order valence-electron chi connectivity index (χ1n) is 8.24.